The maximum Gasteiger partial charge on any atom is 0.248 e. The third kappa shape index (κ3) is 5.38. The molecule has 0 bridgehead atoms. The highest BCUT2D eigenvalue weighted by molar-refractivity contribution is 6.03. The number of nitrogens with one attached hydrogen (secondary N) is 2. The van der Waals surface area contributed by atoms with Crippen LogP contribution < -0.4 is 21.1 Å². The number of hydrogen-bond donors (Lipinski definition) is 3. The van der Waals surface area contributed by atoms with Crippen molar-refractivity contribution in [3.63, 3.8) is 0 Å². The fraction of sp³-hybridized carbons (Fsp3) is 0.0870. The molecule has 5 heteroatoms. The predicted octanol–water partition coefficient (Wildman–Crippen LogP) is 4.54. The second-order valence-electron chi connectivity index (χ2n) is 6.23. The number of ether oxygens (including phenoxy) is 1. The smallest absolute Gasteiger partial charge is 0.248 e. The van der Waals surface area contributed by atoms with E-state index in [1.165, 1.54) is 6.08 Å². The summed E-state index contributed by atoms with van der Waals surface area (Å²) < 4.78 is 5.16. The minimum absolute atomic E-state index is 0.219. The zero-order valence-electron chi connectivity index (χ0n) is 15.7. The molecule has 0 spiro atoms. The average molecular weight is 373 g/mol. The molecule has 0 radical (unpaired) electrons. The minimum Gasteiger partial charge on any atom is -0.497 e. The number of hydrogen-bond acceptors (Lipinski definition) is 4. The van der Waals surface area contributed by atoms with Crippen LogP contribution in [0.2, 0.25) is 0 Å². The lowest BCUT2D eigenvalue weighted by atomic mass is 10.1. The molecule has 0 heterocycles. The SMILES string of the molecule is COc1ccc(NCc2ccc(C=CC(=O)Nc3ccccc3N)cc2)cc1. The molecule has 0 saturated carbocycles. The lowest BCUT2D eigenvalue weighted by Gasteiger charge is -2.08. The van der Waals surface area contributed by atoms with Gasteiger partial charge in [0.05, 0.1) is 18.5 Å². The van der Waals surface area contributed by atoms with Crippen LogP contribution in [0.15, 0.2) is 78.9 Å². The highest BCUT2D eigenvalue weighted by Crippen LogP contribution is 2.17. The van der Waals surface area contributed by atoms with E-state index in [1.54, 1.807) is 25.3 Å². The van der Waals surface area contributed by atoms with Gasteiger partial charge in [0.15, 0.2) is 0 Å². The molecule has 1 amide bonds. The first-order valence-corrected chi connectivity index (χ1v) is 8.94. The van der Waals surface area contributed by atoms with Crippen molar-refractivity contribution in [3.05, 3.63) is 90.0 Å². The highest BCUT2D eigenvalue weighted by Gasteiger charge is 2.01. The van der Waals surface area contributed by atoms with Crippen molar-refractivity contribution in [1.29, 1.82) is 0 Å². The van der Waals surface area contributed by atoms with Crippen LogP contribution in [0.1, 0.15) is 11.1 Å². The van der Waals surface area contributed by atoms with E-state index in [2.05, 4.69) is 10.6 Å². The molecule has 3 aromatic carbocycles. The van der Waals surface area contributed by atoms with Gasteiger partial charge in [-0.2, -0.15) is 0 Å². The monoisotopic (exact) mass is 373 g/mol. The molecule has 3 rings (SSSR count). The van der Waals surface area contributed by atoms with Gasteiger partial charge in [0.1, 0.15) is 5.75 Å². The number of nitrogen functional groups attached to an aromatic ring is 1. The van der Waals surface area contributed by atoms with Gasteiger partial charge in [-0.3, -0.25) is 4.79 Å². The Bertz CT molecular complexity index is 948. The molecular formula is C23H23N3O2. The molecule has 0 saturated heterocycles. The average Bonchev–Trinajstić information content (AvgIpc) is 2.73. The van der Waals surface area contributed by atoms with Crippen molar-refractivity contribution >= 4 is 29.0 Å². The van der Waals surface area contributed by atoms with E-state index in [0.717, 1.165) is 22.6 Å². The van der Waals surface area contributed by atoms with Crippen molar-refractivity contribution in [2.45, 2.75) is 6.54 Å². The fourth-order valence-electron chi connectivity index (χ4n) is 2.62. The van der Waals surface area contributed by atoms with E-state index < -0.39 is 0 Å². The van der Waals surface area contributed by atoms with Gasteiger partial charge < -0.3 is 21.1 Å². The Morgan fingerprint density at radius 3 is 2.39 bits per heavy atom. The summed E-state index contributed by atoms with van der Waals surface area (Å²) in [5.41, 5.74) is 10.1. The van der Waals surface area contributed by atoms with Crippen molar-refractivity contribution in [1.82, 2.24) is 0 Å². The number of methoxy groups -OCH3 is 1. The van der Waals surface area contributed by atoms with Gasteiger partial charge in [0.2, 0.25) is 5.91 Å². The molecule has 5 nitrogen and oxygen atoms in total. The Labute approximate surface area is 164 Å². The quantitative estimate of drug-likeness (QED) is 0.420. The minimum atomic E-state index is -0.219. The van der Waals surface area contributed by atoms with Gasteiger partial charge in [-0.15, -0.1) is 0 Å². The molecule has 4 N–H and O–H groups in total. The largest absolute Gasteiger partial charge is 0.497 e. The second-order valence-corrected chi connectivity index (χ2v) is 6.23. The Hall–Kier alpha value is -3.73. The van der Waals surface area contributed by atoms with E-state index >= 15 is 0 Å². The van der Waals surface area contributed by atoms with Gasteiger partial charge in [-0.05, 0) is 53.6 Å². The lowest BCUT2D eigenvalue weighted by molar-refractivity contribution is -0.111. The van der Waals surface area contributed by atoms with Crippen molar-refractivity contribution < 1.29 is 9.53 Å². The van der Waals surface area contributed by atoms with Crippen LogP contribution in [0.25, 0.3) is 6.08 Å². The maximum absolute atomic E-state index is 12.0. The Morgan fingerprint density at radius 1 is 1.00 bits per heavy atom. The Kier molecular flexibility index (Phi) is 6.31. The summed E-state index contributed by atoms with van der Waals surface area (Å²) in [6, 6.07) is 23.0. The molecule has 0 aliphatic carbocycles. The number of nitrogens with two attached hydrogens (primary N) is 1. The molecule has 0 aliphatic rings. The summed E-state index contributed by atoms with van der Waals surface area (Å²) in [7, 11) is 1.65. The number of benzene rings is 3. The second kappa shape index (κ2) is 9.28. The van der Waals surface area contributed by atoms with Crippen LogP contribution in [0.3, 0.4) is 0 Å². The number of carbonyl (C=O) groups excluding carboxylic acids is 1. The standard InChI is InChI=1S/C23H23N3O2/c1-28-20-13-11-19(12-14-20)25-16-18-8-6-17(7-9-18)10-15-23(27)26-22-5-3-2-4-21(22)24/h2-15,25H,16,24H2,1H3,(H,26,27). The molecule has 28 heavy (non-hydrogen) atoms. The summed E-state index contributed by atoms with van der Waals surface area (Å²) in [5, 5.41) is 6.13. The fourth-order valence-corrected chi connectivity index (χ4v) is 2.62. The zero-order valence-corrected chi connectivity index (χ0v) is 15.7. The van der Waals surface area contributed by atoms with Crippen LogP contribution in [-0.4, -0.2) is 13.0 Å². The molecular weight excluding hydrogens is 350 g/mol. The summed E-state index contributed by atoms with van der Waals surface area (Å²) in [6.07, 6.45) is 3.27. The first-order chi connectivity index (χ1) is 13.6. The van der Waals surface area contributed by atoms with Crippen LogP contribution in [0.4, 0.5) is 17.1 Å². The molecule has 3 aromatic rings. The maximum atomic E-state index is 12.0. The number of para-hydroxylation sites is 2. The molecule has 0 aromatic heterocycles. The molecule has 142 valence electrons. The topological polar surface area (TPSA) is 76.4 Å². The summed E-state index contributed by atoms with van der Waals surface area (Å²) >= 11 is 0. The van der Waals surface area contributed by atoms with Gasteiger partial charge in [0.25, 0.3) is 0 Å². The van der Waals surface area contributed by atoms with Crippen LogP contribution in [-0.2, 0) is 11.3 Å². The van der Waals surface area contributed by atoms with Crippen molar-refractivity contribution in [3.8, 4) is 5.75 Å². The lowest BCUT2D eigenvalue weighted by Crippen LogP contribution is -2.09. The number of rotatable bonds is 7. The van der Waals surface area contributed by atoms with Gasteiger partial charge in [0, 0.05) is 18.3 Å². The Morgan fingerprint density at radius 2 is 1.71 bits per heavy atom. The van der Waals surface area contributed by atoms with E-state index in [9.17, 15) is 4.79 Å². The van der Waals surface area contributed by atoms with E-state index in [-0.39, 0.29) is 5.91 Å². The highest BCUT2D eigenvalue weighted by atomic mass is 16.5. The number of anilines is 3. The van der Waals surface area contributed by atoms with Crippen LogP contribution in [0, 0.1) is 0 Å². The van der Waals surface area contributed by atoms with Crippen molar-refractivity contribution in [2.24, 2.45) is 0 Å². The van der Waals surface area contributed by atoms with Gasteiger partial charge >= 0.3 is 0 Å². The molecule has 0 unspecified atom stereocenters. The third-order valence-electron chi connectivity index (χ3n) is 4.21. The van der Waals surface area contributed by atoms with Gasteiger partial charge in [-0.25, -0.2) is 0 Å². The zero-order chi connectivity index (χ0) is 19.8. The van der Waals surface area contributed by atoms with Crippen LogP contribution >= 0.6 is 0 Å². The third-order valence-corrected chi connectivity index (χ3v) is 4.21. The van der Waals surface area contributed by atoms with E-state index in [4.69, 9.17) is 10.5 Å². The normalized spacial score (nSPS) is 10.6. The van der Waals surface area contributed by atoms with E-state index in [1.807, 2.05) is 60.7 Å². The van der Waals surface area contributed by atoms with Crippen molar-refractivity contribution in [2.75, 3.05) is 23.5 Å². The first kappa shape index (κ1) is 19.0. The van der Waals surface area contributed by atoms with E-state index in [0.29, 0.717) is 17.9 Å². The predicted molar refractivity (Wildman–Crippen MR) is 115 cm³/mol. The van der Waals surface area contributed by atoms with Gasteiger partial charge in [-0.1, -0.05) is 36.4 Å². The summed E-state index contributed by atoms with van der Waals surface area (Å²) in [4.78, 5) is 12.0. The summed E-state index contributed by atoms with van der Waals surface area (Å²) in [6.45, 7) is 0.712. The molecule has 0 atom stereocenters. The molecule has 0 aliphatic heterocycles. The number of amides is 1. The Balaban J connectivity index is 1.52. The number of carbonyl (C=O) groups is 1. The molecule has 0 fully saturated rings. The first-order valence-electron chi connectivity index (χ1n) is 8.94. The van der Waals surface area contributed by atoms with Crippen LogP contribution in [0.5, 0.6) is 5.75 Å². The summed E-state index contributed by atoms with van der Waals surface area (Å²) in [5.74, 6) is 0.615.